The molecule has 0 aliphatic carbocycles. The van der Waals surface area contributed by atoms with Gasteiger partial charge in [0.1, 0.15) is 11.7 Å². The third-order valence-corrected chi connectivity index (χ3v) is 6.46. The van der Waals surface area contributed by atoms with E-state index in [1.54, 1.807) is 34.8 Å². The van der Waals surface area contributed by atoms with Crippen LogP contribution in [0.3, 0.4) is 0 Å². The van der Waals surface area contributed by atoms with Gasteiger partial charge in [-0.15, -0.1) is 0 Å². The molecule has 150 valence electrons. The Kier molecular flexibility index (Phi) is 4.21. The fourth-order valence-corrected chi connectivity index (χ4v) is 4.66. The van der Waals surface area contributed by atoms with Gasteiger partial charge in [0.25, 0.3) is 10.0 Å². The van der Waals surface area contributed by atoms with Gasteiger partial charge in [-0.05, 0) is 25.3 Å². The van der Waals surface area contributed by atoms with Crippen molar-refractivity contribution in [2.45, 2.75) is 30.5 Å². The van der Waals surface area contributed by atoms with E-state index in [4.69, 9.17) is 4.74 Å². The minimum absolute atomic E-state index is 0.0491. The van der Waals surface area contributed by atoms with E-state index in [2.05, 4.69) is 20.1 Å². The molecule has 4 aromatic rings. The number of hydrogen-bond acceptors (Lipinski definition) is 7. The van der Waals surface area contributed by atoms with Crippen molar-refractivity contribution in [2.75, 3.05) is 6.61 Å². The lowest BCUT2D eigenvalue weighted by Gasteiger charge is -2.22. The Labute approximate surface area is 166 Å². The second-order valence-electron chi connectivity index (χ2n) is 6.99. The SMILES string of the molecule is Cn1cnc(S(=O)(=O)n2ccc3ncc(-c4cnn(C5CCCCO5)c4)nc32)c1. The number of hydrogen-bond donors (Lipinski definition) is 0. The van der Waals surface area contributed by atoms with Gasteiger partial charge >= 0.3 is 0 Å². The zero-order valence-electron chi connectivity index (χ0n) is 15.7. The summed E-state index contributed by atoms with van der Waals surface area (Å²) < 4.78 is 36.2. The summed E-state index contributed by atoms with van der Waals surface area (Å²) >= 11 is 0. The van der Waals surface area contributed by atoms with E-state index in [1.165, 1.54) is 18.7 Å². The van der Waals surface area contributed by atoms with Crippen molar-refractivity contribution in [3.63, 3.8) is 0 Å². The first kappa shape index (κ1) is 18.0. The maximum Gasteiger partial charge on any atom is 0.288 e. The molecule has 1 aliphatic heterocycles. The largest absolute Gasteiger partial charge is 0.357 e. The third kappa shape index (κ3) is 3.12. The Morgan fingerprint density at radius 1 is 1.17 bits per heavy atom. The summed E-state index contributed by atoms with van der Waals surface area (Å²) in [5.74, 6) is 0. The molecule has 0 amide bonds. The topological polar surface area (TPSA) is 110 Å². The Morgan fingerprint density at radius 3 is 2.83 bits per heavy atom. The van der Waals surface area contributed by atoms with Crippen molar-refractivity contribution in [1.82, 2.24) is 33.3 Å². The van der Waals surface area contributed by atoms with E-state index in [9.17, 15) is 8.42 Å². The molecule has 1 aliphatic rings. The molecule has 5 heterocycles. The van der Waals surface area contributed by atoms with Gasteiger partial charge in [0.2, 0.25) is 0 Å². The highest BCUT2D eigenvalue weighted by Crippen LogP contribution is 2.26. The summed E-state index contributed by atoms with van der Waals surface area (Å²) in [6, 6.07) is 1.62. The first-order valence-electron chi connectivity index (χ1n) is 9.26. The lowest BCUT2D eigenvalue weighted by Crippen LogP contribution is -2.18. The Morgan fingerprint density at radius 2 is 2.07 bits per heavy atom. The number of fused-ring (bicyclic) bond motifs is 1. The molecule has 0 spiro atoms. The second-order valence-corrected chi connectivity index (χ2v) is 8.75. The fourth-order valence-electron chi connectivity index (χ4n) is 3.39. The highest BCUT2D eigenvalue weighted by Gasteiger charge is 2.23. The highest BCUT2D eigenvalue weighted by molar-refractivity contribution is 7.90. The van der Waals surface area contributed by atoms with Crippen molar-refractivity contribution in [1.29, 1.82) is 0 Å². The van der Waals surface area contributed by atoms with Crippen LogP contribution in [0, 0.1) is 0 Å². The van der Waals surface area contributed by atoms with Crippen molar-refractivity contribution in [3.8, 4) is 11.3 Å². The minimum Gasteiger partial charge on any atom is -0.357 e. The molecule has 1 unspecified atom stereocenters. The van der Waals surface area contributed by atoms with Crippen LogP contribution in [0.1, 0.15) is 25.5 Å². The van der Waals surface area contributed by atoms with Crippen LogP contribution < -0.4 is 0 Å². The molecule has 1 saturated heterocycles. The van der Waals surface area contributed by atoms with Gasteiger partial charge in [-0.2, -0.15) is 13.5 Å². The van der Waals surface area contributed by atoms with Gasteiger partial charge in [0.05, 0.1) is 24.4 Å². The van der Waals surface area contributed by atoms with Gasteiger partial charge in [0.15, 0.2) is 10.7 Å². The van der Waals surface area contributed by atoms with Gasteiger partial charge in [-0.3, -0.25) is 4.98 Å². The number of aromatic nitrogens is 7. The number of imidazole rings is 1. The molecule has 1 fully saturated rings. The van der Waals surface area contributed by atoms with Crippen LogP contribution in [0.5, 0.6) is 0 Å². The molecule has 0 saturated carbocycles. The van der Waals surface area contributed by atoms with Crippen LogP contribution in [0.2, 0.25) is 0 Å². The van der Waals surface area contributed by atoms with E-state index in [-0.39, 0.29) is 16.9 Å². The summed E-state index contributed by atoms with van der Waals surface area (Å²) in [6.45, 7) is 0.727. The van der Waals surface area contributed by atoms with Crippen molar-refractivity contribution in [2.24, 2.45) is 7.05 Å². The molecule has 5 rings (SSSR count). The predicted molar refractivity (Wildman–Crippen MR) is 103 cm³/mol. The molecular formula is C18H19N7O3S. The molecule has 0 radical (unpaired) electrons. The van der Waals surface area contributed by atoms with Crippen molar-refractivity contribution in [3.05, 3.63) is 43.4 Å². The van der Waals surface area contributed by atoms with Crippen LogP contribution >= 0.6 is 0 Å². The molecule has 1 atom stereocenters. The predicted octanol–water partition coefficient (Wildman–Crippen LogP) is 1.96. The summed E-state index contributed by atoms with van der Waals surface area (Å²) in [5, 5.41) is 4.34. The van der Waals surface area contributed by atoms with Gasteiger partial charge in [-0.1, -0.05) is 0 Å². The molecular weight excluding hydrogens is 394 g/mol. The Bertz CT molecular complexity index is 1280. The van der Waals surface area contributed by atoms with E-state index >= 15 is 0 Å². The number of ether oxygens (including phenoxy) is 1. The van der Waals surface area contributed by atoms with Crippen LogP contribution in [0.25, 0.3) is 22.4 Å². The highest BCUT2D eigenvalue weighted by atomic mass is 32.2. The average Bonchev–Trinajstić information content (AvgIpc) is 3.47. The number of rotatable bonds is 4. The maximum atomic E-state index is 13.0. The zero-order chi connectivity index (χ0) is 20.0. The molecule has 0 bridgehead atoms. The zero-order valence-corrected chi connectivity index (χ0v) is 16.5. The Hall–Kier alpha value is -3.05. The summed E-state index contributed by atoms with van der Waals surface area (Å²) in [7, 11) is -2.16. The molecule has 29 heavy (non-hydrogen) atoms. The lowest BCUT2D eigenvalue weighted by atomic mass is 10.2. The van der Waals surface area contributed by atoms with Crippen LogP contribution in [-0.4, -0.2) is 48.3 Å². The fraction of sp³-hybridized carbons (Fsp3) is 0.333. The van der Waals surface area contributed by atoms with Crippen molar-refractivity contribution < 1.29 is 13.2 Å². The molecule has 0 aromatic carbocycles. The summed E-state index contributed by atoms with van der Waals surface area (Å²) in [6.07, 6.45) is 12.5. The molecule has 4 aromatic heterocycles. The lowest BCUT2D eigenvalue weighted by molar-refractivity contribution is -0.0394. The van der Waals surface area contributed by atoms with E-state index in [0.717, 1.165) is 35.4 Å². The van der Waals surface area contributed by atoms with Crippen LogP contribution in [0.15, 0.2) is 48.4 Å². The van der Waals surface area contributed by atoms with Crippen LogP contribution in [-0.2, 0) is 21.8 Å². The number of nitrogens with zero attached hydrogens (tertiary/aromatic N) is 7. The third-order valence-electron chi connectivity index (χ3n) is 4.91. The molecule has 0 N–H and O–H groups in total. The quantitative estimate of drug-likeness (QED) is 0.503. The van der Waals surface area contributed by atoms with Gasteiger partial charge in [-0.25, -0.2) is 18.6 Å². The van der Waals surface area contributed by atoms with E-state index < -0.39 is 10.0 Å². The van der Waals surface area contributed by atoms with E-state index in [0.29, 0.717) is 11.2 Å². The van der Waals surface area contributed by atoms with Crippen LogP contribution in [0.4, 0.5) is 0 Å². The standard InChI is InChI=1S/C18H19N7O3S/c1-23-11-16(20-12-23)29(26,27)25-6-5-14-18(25)22-15(9-19-14)13-8-21-24(10-13)17-4-2-3-7-28-17/h5-6,8-12,17H,2-4,7H2,1H3. The first-order valence-corrected chi connectivity index (χ1v) is 10.7. The summed E-state index contributed by atoms with van der Waals surface area (Å²) in [4.78, 5) is 12.9. The van der Waals surface area contributed by atoms with E-state index in [1.807, 2.05) is 6.20 Å². The summed E-state index contributed by atoms with van der Waals surface area (Å²) in [5.41, 5.74) is 2.01. The second kappa shape index (κ2) is 6.78. The smallest absolute Gasteiger partial charge is 0.288 e. The minimum atomic E-state index is -3.87. The first-order chi connectivity index (χ1) is 14.0. The molecule has 10 nitrogen and oxygen atoms in total. The average molecular weight is 413 g/mol. The Balaban J connectivity index is 1.54. The number of aryl methyl sites for hydroxylation is 1. The van der Waals surface area contributed by atoms with Gasteiger partial charge in [0, 0.05) is 37.8 Å². The maximum absolute atomic E-state index is 13.0. The van der Waals surface area contributed by atoms with Crippen molar-refractivity contribution >= 4 is 21.2 Å². The molecule has 11 heteroatoms. The normalized spacial score (nSPS) is 17.8. The monoisotopic (exact) mass is 413 g/mol. The van der Waals surface area contributed by atoms with Gasteiger partial charge < -0.3 is 9.30 Å².